The molecule has 0 saturated carbocycles. The Labute approximate surface area is 101 Å². The zero-order valence-electron chi connectivity index (χ0n) is 10.4. The van der Waals surface area contributed by atoms with Gasteiger partial charge in [-0.15, -0.1) is 0 Å². The third-order valence-electron chi connectivity index (χ3n) is 2.55. The fourth-order valence-electron chi connectivity index (χ4n) is 1.58. The van der Waals surface area contributed by atoms with E-state index in [4.69, 9.17) is 4.74 Å². The number of halogens is 1. The molecule has 0 aliphatic heterocycles. The van der Waals surface area contributed by atoms with Gasteiger partial charge in [-0.3, -0.25) is 0 Å². The lowest BCUT2D eigenvalue weighted by Gasteiger charge is -2.25. The van der Waals surface area contributed by atoms with Gasteiger partial charge in [0.25, 0.3) is 0 Å². The molecule has 1 rings (SSSR count). The van der Waals surface area contributed by atoms with Crippen LogP contribution in [0.25, 0.3) is 0 Å². The molecule has 0 radical (unpaired) electrons. The molecule has 0 aliphatic carbocycles. The number of alkyl carbamates (subject to hydrolysis) is 1. The van der Waals surface area contributed by atoms with Crippen molar-refractivity contribution in [3.05, 3.63) is 35.6 Å². The lowest BCUT2D eigenvalue weighted by atomic mass is 9.84. The number of benzene rings is 1. The topological polar surface area (TPSA) is 38.3 Å². The number of amides is 1. The lowest BCUT2D eigenvalue weighted by Crippen LogP contribution is -2.37. The van der Waals surface area contributed by atoms with Crippen LogP contribution in [0.15, 0.2) is 24.3 Å². The number of carbonyl (C=O) groups excluding carboxylic acids is 1. The molecule has 0 spiro atoms. The Bertz CT molecular complexity index is 391. The number of hydrogen-bond donors (Lipinski definition) is 1. The molecule has 0 fully saturated rings. The van der Waals surface area contributed by atoms with Crippen LogP contribution >= 0.6 is 0 Å². The van der Waals surface area contributed by atoms with E-state index in [0.717, 1.165) is 0 Å². The van der Waals surface area contributed by atoms with Crippen LogP contribution in [0.1, 0.15) is 26.3 Å². The lowest BCUT2D eigenvalue weighted by molar-refractivity contribution is 0.150. The van der Waals surface area contributed by atoms with E-state index >= 15 is 0 Å². The van der Waals surface area contributed by atoms with Gasteiger partial charge in [0.05, 0.1) is 6.61 Å². The summed E-state index contributed by atoms with van der Waals surface area (Å²) in [6.45, 7) is 6.13. The van der Waals surface area contributed by atoms with Crippen LogP contribution < -0.4 is 5.32 Å². The van der Waals surface area contributed by atoms with E-state index in [1.807, 2.05) is 13.8 Å². The highest BCUT2D eigenvalue weighted by atomic mass is 19.1. The van der Waals surface area contributed by atoms with Crippen LogP contribution in [-0.4, -0.2) is 19.2 Å². The van der Waals surface area contributed by atoms with Crippen molar-refractivity contribution in [2.45, 2.75) is 26.2 Å². The Morgan fingerprint density at radius 1 is 1.41 bits per heavy atom. The van der Waals surface area contributed by atoms with Crippen molar-refractivity contribution in [2.24, 2.45) is 0 Å². The third-order valence-corrected chi connectivity index (χ3v) is 2.55. The second-order valence-corrected chi connectivity index (χ2v) is 4.44. The number of nitrogens with one attached hydrogen (secondary N) is 1. The monoisotopic (exact) mass is 239 g/mol. The highest BCUT2D eigenvalue weighted by Gasteiger charge is 2.24. The quantitative estimate of drug-likeness (QED) is 0.877. The average molecular weight is 239 g/mol. The Balaban J connectivity index is 2.69. The molecule has 0 atom stereocenters. The molecule has 1 aromatic rings. The maximum absolute atomic E-state index is 13.6. The van der Waals surface area contributed by atoms with E-state index in [1.54, 1.807) is 25.1 Å². The van der Waals surface area contributed by atoms with Gasteiger partial charge in [-0.05, 0) is 18.6 Å². The molecule has 94 valence electrons. The Kier molecular flexibility index (Phi) is 4.49. The van der Waals surface area contributed by atoms with Crippen molar-refractivity contribution in [1.82, 2.24) is 5.32 Å². The van der Waals surface area contributed by atoms with E-state index in [2.05, 4.69) is 5.32 Å². The molecule has 0 heterocycles. The first-order chi connectivity index (χ1) is 7.97. The smallest absolute Gasteiger partial charge is 0.407 e. The molecule has 3 nitrogen and oxygen atoms in total. The van der Waals surface area contributed by atoms with E-state index < -0.39 is 11.5 Å². The summed E-state index contributed by atoms with van der Waals surface area (Å²) >= 11 is 0. The van der Waals surface area contributed by atoms with E-state index in [-0.39, 0.29) is 5.82 Å². The summed E-state index contributed by atoms with van der Waals surface area (Å²) in [5, 5.41) is 2.62. The summed E-state index contributed by atoms with van der Waals surface area (Å²) in [6.07, 6.45) is -0.475. The van der Waals surface area contributed by atoms with Gasteiger partial charge in [-0.2, -0.15) is 0 Å². The number of ether oxygens (including phenoxy) is 1. The summed E-state index contributed by atoms with van der Waals surface area (Å²) < 4.78 is 18.4. The van der Waals surface area contributed by atoms with E-state index in [9.17, 15) is 9.18 Å². The highest BCUT2D eigenvalue weighted by Crippen LogP contribution is 2.24. The fourth-order valence-corrected chi connectivity index (χ4v) is 1.58. The van der Waals surface area contributed by atoms with Crippen molar-refractivity contribution in [3.8, 4) is 0 Å². The summed E-state index contributed by atoms with van der Waals surface area (Å²) in [4.78, 5) is 11.2. The number of hydrogen-bond acceptors (Lipinski definition) is 2. The molecule has 0 aliphatic rings. The molecule has 17 heavy (non-hydrogen) atoms. The summed E-state index contributed by atoms with van der Waals surface area (Å²) in [5.74, 6) is -0.261. The molecular formula is C13H18FNO2. The summed E-state index contributed by atoms with van der Waals surface area (Å²) in [7, 11) is 0. The number of carbonyl (C=O) groups is 1. The molecule has 0 bridgehead atoms. The molecule has 1 amide bonds. The zero-order valence-corrected chi connectivity index (χ0v) is 10.4. The SMILES string of the molecule is CCOC(=O)NCC(C)(C)c1ccccc1F. The summed E-state index contributed by atoms with van der Waals surface area (Å²) in [5.41, 5.74) is 0.106. The zero-order chi connectivity index (χ0) is 12.9. The predicted molar refractivity (Wildman–Crippen MR) is 64.5 cm³/mol. The fraction of sp³-hybridized carbons (Fsp3) is 0.462. The Hall–Kier alpha value is -1.58. The van der Waals surface area contributed by atoms with Gasteiger partial charge in [0.15, 0.2) is 0 Å². The van der Waals surface area contributed by atoms with Crippen molar-refractivity contribution in [2.75, 3.05) is 13.2 Å². The molecule has 0 aromatic heterocycles. The van der Waals surface area contributed by atoms with Crippen molar-refractivity contribution >= 4 is 6.09 Å². The standard InChI is InChI=1S/C13H18FNO2/c1-4-17-12(16)15-9-13(2,3)10-7-5-6-8-11(10)14/h5-8H,4,9H2,1-3H3,(H,15,16). The van der Waals surface area contributed by atoms with Crippen molar-refractivity contribution < 1.29 is 13.9 Å². The number of rotatable bonds is 4. The van der Waals surface area contributed by atoms with Gasteiger partial charge in [0.2, 0.25) is 0 Å². The normalized spacial score (nSPS) is 11.1. The van der Waals surface area contributed by atoms with Crippen LogP contribution in [0.3, 0.4) is 0 Å². The van der Waals surface area contributed by atoms with E-state index in [1.165, 1.54) is 6.07 Å². The minimum Gasteiger partial charge on any atom is -0.450 e. The van der Waals surface area contributed by atoms with Crippen molar-refractivity contribution in [1.29, 1.82) is 0 Å². The maximum Gasteiger partial charge on any atom is 0.407 e. The third kappa shape index (κ3) is 3.73. The second kappa shape index (κ2) is 5.66. The van der Waals surface area contributed by atoms with E-state index in [0.29, 0.717) is 18.7 Å². The second-order valence-electron chi connectivity index (χ2n) is 4.44. The van der Waals surface area contributed by atoms with Gasteiger partial charge < -0.3 is 10.1 Å². The highest BCUT2D eigenvalue weighted by molar-refractivity contribution is 5.67. The first kappa shape index (κ1) is 13.5. The molecule has 0 unspecified atom stereocenters. The summed E-state index contributed by atoms with van der Waals surface area (Å²) in [6, 6.07) is 6.57. The van der Waals surface area contributed by atoms with Crippen LogP contribution in [0.4, 0.5) is 9.18 Å². The van der Waals surface area contributed by atoms with Crippen LogP contribution in [0.5, 0.6) is 0 Å². The minimum atomic E-state index is -0.475. The molecule has 1 aromatic carbocycles. The van der Waals surface area contributed by atoms with Gasteiger partial charge in [-0.25, -0.2) is 9.18 Å². The Morgan fingerprint density at radius 3 is 2.65 bits per heavy atom. The predicted octanol–water partition coefficient (Wildman–Crippen LogP) is 2.85. The molecule has 4 heteroatoms. The van der Waals surface area contributed by atoms with Gasteiger partial charge >= 0.3 is 6.09 Å². The van der Waals surface area contributed by atoms with Crippen molar-refractivity contribution in [3.63, 3.8) is 0 Å². The first-order valence-electron chi connectivity index (χ1n) is 5.63. The van der Waals surface area contributed by atoms with Gasteiger partial charge in [0, 0.05) is 12.0 Å². The van der Waals surface area contributed by atoms with Crippen LogP contribution in [0.2, 0.25) is 0 Å². The first-order valence-corrected chi connectivity index (χ1v) is 5.63. The Morgan fingerprint density at radius 2 is 2.06 bits per heavy atom. The van der Waals surface area contributed by atoms with Crippen LogP contribution in [-0.2, 0) is 10.2 Å². The van der Waals surface area contributed by atoms with Crippen LogP contribution in [0, 0.1) is 5.82 Å². The molecule has 1 N–H and O–H groups in total. The van der Waals surface area contributed by atoms with Gasteiger partial charge in [0.1, 0.15) is 5.82 Å². The minimum absolute atomic E-state index is 0.261. The maximum atomic E-state index is 13.6. The molecule has 0 saturated heterocycles. The van der Waals surface area contributed by atoms with Gasteiger partial charge in [-0.1, -0.05) is 32.0 Å². The average Bonchev–Trinajstić information content (AvgIpc) is 2.27. The molecular weight excluding hydrogens is 221 g/mol. The largest absolute Gasteiger partial charge is 0.450 e.